The molecule has 0 spiro atoms. The quantitative estimate of drug-likeness (QED) is 0.381. The van der Waals surface area contributed by atoms with E-state index in [0.29, 0.717) is 23.0 Å². The Kier molecular flexibility index (Phi) is 6.10. The van der Waals surface area contributed by atoms with Crippen LogP contribution in [0.2, 0.25) is 0 Å². The number of sulfone groups is 1. The van der Waals surface area contributed by atoms with Gasteiger partial charge in [-0.3, -0.25) is 9.78 Å². The third-order valence-corrected chi connectivity index (χ3v) is 6.73. The molecule has 33 heavy (non-hydrogen) atoms. The predicted molar refractivity (Wildman–Crippen MR) is 117 cm³/mol. The lowest BCUT2D eigenvalue weighted by atomic mass is 10.2. The van der Waals surface area contributed by atoms with Gasteiger partial charge in [-0.25, -0.2) is 22.7 Å². The van der Waals surface area contributed by atoms with Crippen LogP contribution in [0.3, 0.4) is 0 Å². The highest BCUT2D eigenvalue weighted by atomic mass is 32.2. The maximum absolute atomic E-state index is 14.7. The van der Waals surface area contributed by atoms with Crippen LogP contribution < -0.4 is 0 Å². The summed E-state index contributed by atoms with van der Waals surface area (Å²) in [5.41, 5.74) is 8.64. The first-order chi connectivity index (χ1) is 15.8. The molecule has 0 bridgehead atoms. The van der Waals surface area contributed by atoms with Crippen LogP contribution in [0.15, 0.2) is 77.0 Å². The van der Waals surface area contributed by atoms with E-state index in [1.807, 2.05) is 0 Å². The normalized spacial score (nSPS) is 11.6. The Morgan fingerprint density at radius 3 is 2.64 bits per heavy atom. The largest absolute Gasteiger partial charge is 0.342 e. The molecular formula is C23H18F2N4O3S. The molecule has 0 unspecified atom stereocenters. The summed E-state index contributed by atoms with van der Waals surface area (Å²) in [5.74, 6) is -3.33. The Bertz CT molecular complexity index is 1470. The second-order valence-corrected chi connectivity index (χ2v) is 9.44. The van der Waals surface area contributed by atoms with Crippen molar-refractivity contribution < 1.29 is 22.0 Å². The number of nitrogens with zero attached hydrogens (tertiary/aromatic N) is 3. The van der Waals surface area contributed by atoms with E-state index < -0.39 is 33.0 Å². The van der Waals surface area contributed by atoms with Gasteiger partial charge in [0, 0.05) is 37.1 Å². The number of rotatable bonds is 8. The van der Waals surface area contributed by atoms with Crippen molar-refractivity contribution >= 4 is 32.2 Å². The lowest BCUT2D eigenvalue weighted by molar-refractivity contribution is -0.116. The highest BCUT2D eigenvalue weighted by molar-refractivity contribution is 7.92. The number of hydrogen-bond donors (Lipinski definition) is 1. The molecule has 1 N–H and O–H groups in total. The molecule has 0 radical (unpaired) electrons. The third kappa shape index (κ3) is 4.85. The Morgan fingerprint density at radius 1 is 1.09 bits per heavy atom. The number of halogens is 2. The lowest BCUT2D eigenvalue weighted by Gasteiger charge is -2.06. The van der Waals surface area contributed by atoms with Crippen LogP contribution in [0.25, 0.3) is 10.9 Å². The van der Waals surface area contributed by atoms with E-state index in [1.165, 1.54) is 17.0 Å². The van der Waals surface area contributed by atoms with Gasteiger partial charge < -0.3 is 4.57 Å². The summed E-state index contributed by atoms with van der Waals surface area (Å²) in [4.78, 5) is 16.1. The van der Waals surface area contributed by atoms with E-state index in [0.717, 1.165) is 6.07 Å². The third-order valence-electron chi connectivity index (χ3n) is 5.05. The van der Waals surface area contributed by atoms with E-state index in [1.54, 1.807) is 42.5 Å². The Balaban J connectivity index is 1.73. The zero-order chi connectivity index (χ0) is 23.6. The minimum absolute atomic E-state index is 0.0384. The van der Waals surface area contributed by atoms with E-state index in [-0.39, 0.29) is 28.8 Å². The number of ketones is 1. The monoisotopic (exact) mass is 468 g/mol. The predicted octanol–water partition coefficient (Wildman–Crippen LogP) is 4.61. The SMILES string of the molecule is N=Nc1cccc(Cn2cc(S(=O)(=O)CC(=O)Cc3ccccn3)c3c(F)cc(F)cc32)c1. The van der Waals surface area contributed by atoms with Crippen molar-refractivity contribution in [1.82, 2.24) is 9.55 Å². The molecule has 10 heteroatoms. The van der Waals surface area contributed by atoms with Gasteiger partial charge in [0.1, 0.15) is 17.4 Å². The van der Waals surface area contributed by atoms with E-state index in [2.05, 4.69) is 10.1 Å². The van der Waals surface area contributed by atoms with E-state index in [4.69, 9.17) is 5.53 Å². The summed E-state index contributed by atoms with van der Waals surface area (Å²) in [7, 11) is -4.23. The van der Waals surface area contributed by atoms with Crippen molar-refractivity contribution in [2.45, 2.75) is 17.9 Å². The number of Topliss-reactive ketones (excluding diaryl/α,β-unsaturated/α-hetero) is 1. The first kappa shape index (κ1) is 22.4. The van der Waals surface area contributed by atoms with Crippen molar-refractivity contribution in [3.8, 4) is 0 Å². The van der Waals surface area contributed by atoms with Crippen LogP contribution in [-0.4, -0.2) is 29.5 Å². The van der Waals surface area contributed by atoms with Crippen molar-refractivity contribution in [3.63, 3.8) is 0 Å². The molecule has 2 aromatic carbocycles. The van der Waals surface area contributed by atoms with Gasteiger partial charge in [-0.05, 0) is 35.9 Å². The van der Waals surface area contributed by atoms with Gasteiger partial charge >= 0.3 is 0 Å². The van der Waals surface area contributed by atoms with Crippen LogP contribution >= 0.6 is 0 Å². The molecule has 2 heterocycles. The van der Waals surface area contributed by atoms with E-state index in [9.17, 15) is 22.0 Å². The molecule has 4 rings (SSSR count). The maximum Gasteiger partial charge on any atom is 0.187 e. The average molecular weight is 468 g/mol. The molecule has 0 aliphatic rings. The molecule has 0 fully saturated rings. The Morgan fingerprint density at radius 2 is 1.91 bits per heavy atom. The number of carbonyl (C=O) groups is 1. The van der Waals surface area contributed by atoms with Crippen molar-refractivity contribution in [2.75, 3.05) is 5.75 Å². The van der Waals surface area contributed by atoms with Crippen molar-refractivity contribution in [1.29, 1.82) is 5.53 Å². The van der Waals surface area contributed by atoms with Gasteiger partial charge in [0.15, 0.2) is 15.6 Å². The van der Waals surface area contributed by atoms with Crippen molar-refractivity contribution in [2.24, 2.45) is 5.11 Å². The summed E-state index contributed by atoms with van der Waals surface area (Å²) in [6.45, 7) is 0.0835. The number of fused-ring (bicyclic) bond motifs is 1. The molecule has 7 nitrogen and oxygen atoms in total. The fraction of sp³-hybridized carbons (Fsp3) is 0.130. The molecule has 0 atom stereocenters. The number of pyridine rings is 1. The van der Waals surface area contributed by atoms with Gasteiger partial charge in [-0.1, -0.05) is 18.2 Å². The molecule has 0 aliphatic carbocycles. The summed E-state index contributed by atoms with van der Waals surface area (Å²) in [6.07, 6.45) is 2.53. The van der Waals surface area contributed by atoms with Gasteiger partial charge in [-0.2, -0.15) is 5.11 Å². The topological polar surface area (TPSA) is 105 Å². The molecule has 0 amide bonds. The fourth-order valence-electron chi connectivity index (χ4n) is 3.64. The molecule has 168 valence electrons. The smallest absolute Gasteiger partial charge is 0.187 e. The molecular weight excluding hydrogens is 450 g/mol. The summed E-state index contributed by atoms with van der Waals surface area (Å²) in [6, 6.07) is 13.2. The molecule has 0 saturated carbocycles. The first-order valence-electron chi connectivity index (χ1n) is 9.85. The van der Waals surface area contributed by atoms with Gasteiger partial charge in [0.25, 0.3) is 0 Å². The lowest BCUT2D eigenvalue weighted by Crippen LogP contribution is -2.18. The highest BCUT2D eigenvalue weighted by Crippen LogP contribution is 2.31. The zero-order valence-corrected chi connectivity index (χ0v) is 18.0. The van der Waals surface area contributed by atoms with Crippen LogP contribution in [0.5, 0.6) is 0 Å². The second kappa shape index (κ2) is 8.99. The number of carbonyl (C=O) groups excluding carboxylic acids is 1. The van der Waals surface area contributed by atoms with Crippen molar-refractivity contribution in [3.05, 3.63) is 89.9 Å². The molecule has 0 saturated heterocycles. The highest BCUT2D eigenvalue weighted by Gasteiger charge is 2.27. The molecule has 2 aromatic heterocycles. The van der Waals surface area contributed by atoms with Gasteiger partial charge in [-0.15, -0.1) is 0 Å². The summed E-state index contributed by atoms with van der Waals surface area (Å²) >= 11 is 0. The van der Waals surface area contributed by atoms with Crippen LogP contribution in [0, 0.1) is 17.2 Å². The Labute approximate surface area is 188 Å². The fourth-order valence-corrected chi connectivity index (χ4v) is 5.12. The number of benzene rings is 2. The number of hydrogen-bond acceptors (Lipinski definition) is 6. The molecule has 4 aromatic rings. The maximum atomic E-state index is 14.7. The van der Waals surface area contributed by atoms with Gasteiger partial charge in [0.2, 0.25) is 0 Å². The van der Waals surface area contributed by atoms with Crippen LogP contribution in [-0.2, 0) is 27.6 Å². The van der Waals surface area contributed by atoms with E-state index >= 15 is 0 Å². The minimum Gasteiger partial charge on any atom is -0.342 e. The second-order valence-electron chi connectivity index (χ2n) is 7.48. The number of nitrogens with one attached hydrogen (secondary N) is 1. The van der Waals surface area contributed by atoms with Gasteiger partial charge in [0.05, 0.1) is 21.5 Å². The average Bonchev–Trinajstić information content (AvgIpc) is 3.13. The number of aromatic nitrogens is 2. The zero-order valence-electron chi connectivity index (χ0n) is 17.2. The Hall–Kier alpha value is -3.79. The summed E-state index contributed by atoms with van der Waals surface area (Å²) in [5, 5.41) is 3.08. The standard InChI is InChI=1S/C23H18F2N4O3S/c24-16-9-20(25)23-21(10-16)29(12-15-4-3-6-18(8-15)28-26)13-22(23)33(31,32)14-19(30)11-17-5-1-2-7-27-17/h1-10,13,26H,11-12,14H2. The first-order valence-corrected chi connectivity index (χ1v) is 11.5. The van der Waals surface area contributed by atoms with Crippen LogP contribution in [0.1, 0.15) is 11.3 Å². The molecule has 0 aliphatic heterocycles. The van der Waals surface area contributed by atoms with Crippen LogP contribution in [0.4, 0.5) is 14.5 Å². The minimum atomic E-state index is -4.23. The summed E-state index contributed by atoms with van der Waals surface area (Å²) < 4.78 is 56.3.